The number of carbonyl (C=O) groups is 2. The second-order valence-electron chi connectivity index (χ2n) is 11.1. The van der Waals surface area contributed by atoms with Crippen molar-refractivity contribution < 1.29 is 18.7 Å². The highest BCUT2D eigenvalue weighted by molar-refractivity contribution is 6.31. The average molecular weight is 545 g/mol. The monoisotopic (exact) mass is 544 g/mol. The SMILES string of the molecule is O=C(NC1CCCCC1)[C@@H]1NC2(CCCCC2)[C@@]2(C(=O)Oc3cc(Cl)ccc32)[C@H]1c1cccc(Cl)c1F. The molecule has 2 aliphatic heterocycles. The van der Waals surface area contributed by atoms with Gasteiger partial charge in [0, 0.05) is 28.1 Å². The summed E-state index contributed by atoms with van der Waals surface area (Å²) in [7, 11) is 0. The smallest absolute Gasteiger partial charge is 0.324 e. The molecule has 3 fully saturated rings. The second-order valence-corrected chi connectivity index (χ2v) is 11.9. The Morgan fingerprint density at radius 1 is 1.03 bits per heavy atom. The van der Waals surface area contributed by atoms with E-state index in [1.165, 1.54) is 12.5 Å². The van der Waals surface area contributed by atoms with Crippen LogP contribution in [0, 0.1) is 5.82 Å². The Balaban J connectivity index is 1.56. The predicted octanol–water partition coefficient (Wildman–Crippen LogP) is 6.20. The first kappa shape index (κ1) is 25.1. The zero-order chi connectivity index (χ0) is 25.8. The Kier molecular flexibility index (Phi) is 6.49. The summed E-state index contributed by atoms with van der Waals surface area (Å²) in [5.74, 6) is -1.73. The molecule has 2 saturated carbocycles. The minimum absolute atomic E-state index is 0.0358. The summed E-state index contributed by atoms with van der Waals surface area (Å²) in [6, 6.07) is 9.26. The Hall–Kier alpha value is -2.15. The Bertz CT molecular complexity index is 1240. The molecule has 2 aliphatic carbocycles. The van der Waals surface area contributed by atoms with E-state index in [1.807, 2.05) is 6.07 Å². The predicted molar refractivity (Wildman–Crippen MR) is 141 cm³/mol. The summed E-state index contributed by atoms with van der Waals surface area (Å²) in [6.45, 7) is 0. The molecule has 37 heavy (non-hydrogen) atoms. The summed E-state index contributed by atoms with van der Waals surface area (Å²) >= 11 is 12.6. The van der Waals surface area contributed by atoms with Gasteiger partial charge in [-0.3, -0.25) is 14.9 Å². The average Bonchev–Trinajstić information content (AvgIpc) is 3.34. The number of hydrogen-bond donors (Lipinski definition) is 2. The molecule has 3 atom stereocenters. The molecule has 0 radical (unpaired) electrons. The standard InChI is InChI=1S/C29H31Cl2FN2O3/c30-17-12-13-20-22(16-17)37-27(36)29(20)23(19-10-7-11-21(31)24(19)32)25(34-28(29)14-5-2-6-15-28)26(35)33-18-8-3-1-4-9-18/h7,10-13,16,18,23,25,34H,1-6,8-9,14-15H2,(H,33,35)/t23-,25+,29+/m0/s1. The first-order valence-electron chi connectivity index (χ1n) is 13.4. The van der Waals surface area contributed by atoms with Crippen molar-refractivity contribution in [3.8, 4) is 5.75 Å². The third-order valence-electron chi connectivity index (χ3n) is 9.14. The van der Waals surface area contributed by atoms with Gasteiger partial charge >= 0.3 is 5.97 Å². The molecule has 5 nitrogen and oxygen atoms in total. The maximum Gasteiger partial charge on any atom is 0.324 e. The number of rotatable bonds is 3. The van der Waals surface area contributed by atoms with E-state index in [9.17, 15) is 9.59 Å². The molecule has 4 aliphatic rings. The molecule has 0 bridgehead atoms. The number of carbonyl (C=O) groups excluding carboxylic acids is 2. The Labute approximate surface area is 226 Å². The van der Waals surface area contributed by atoms with Gasteiger partial charge in [0.05, 0.1) is 11.1 Å². The van der Waals surface area contributed by atoms with Crippen LogP contribution in [0.2, 0.25) is 10.0 Å². The van der Waals surface area contributed by atoms with Gasteiger partial charge in [-0.1, -0.05) is 79.9 Å². The van der Waals surface area contributed by atoms with Crippen LogP contribution in [0.5, 0.6) is 5.75 Å². The lowest BCUT2D eigenvalue weighted by atomic mass is 9.55. The maximum atomic E-state index is 15.8. The third kappa shape index (κ3) is 3.82. The molecule has 1 amide bonds. The van der Waals surface area contributed by atoms with Gasteiger partial charge < -0.3 is 10.1 Å². The van der Waals surface area contributed by atoms with Crippen LogP contribution in [0.4, 0.5) is 4.39 Å². The van der Waals surface area contributed by atoms with E-state index in [-0.39, 0.29) is 22.5 Å². The molecule has 2 heterocycles. The summed E-state index contributed by atoms with van der Waals surface area (Å²) in [5, 5.41) is 7.31. The fraction of sp³-hybridized carbons (Fsp3) is 0.517. The van der Waals surface area contributed by atoms with Gasteiger partial charge in [-0.2, -0.15) is 0 Å². The lowest BCUT2D eigenvalue weighted by Crippen LogP contribution is -2.60. The summed E-state index contributed by atoms with van der Waals surface area (Å²) in [4.78, 5) is 28.2. The topological polar surface area (TPSA) is 67.4 Å². The lowest BCUT2D eigenvalue weighted by molar-refractivity contribution is -0.141. The highest BCUT2D eigenvalue weighted by Crippen LogP contribution is 2.63. The number of ether oxygens (including phenoxy) is 1. The molecule has 1 saturated heterocycles. The Morgan fingerprint density at radius 2 is 1.76 bits per heavy atom. The third-order valence-corrected chi connectivity index (χ3v) is 9.66. The van der Waals surface area contributed by atoms with Gasteiger partial charge in [0.15, 0.2) is 0 Å². The molecule has 2 aromatic rings. The zero-order valence-electron chi connectivity index (χ0n) is 20.6. The van der Waals surface area contributed by atoms with E-state index in [0.29, 0.717) is 29.2 Å². The molecule has 8 heteroatoms. The number of hydrogen-bond acceptors (Lipinski definition) is 4. The van der Waals surface area contributed by atoms with Crippen molar-refractivity contribution in [1.29, 1.82) is 0 Å². The van der Waals surface area contributed by atoms with Crippen LogP contribution in [-0.4, -0.2) is 29.5 Å². The minimum Gasteiger partial charge on any atom is -0.425 e. The quantitative estimate of drug-likeness (QED) is 0.356. The Morgan fingerprint density at radius 3 is 2.51 bits per heavy atom. The van der Waals surface area contributed by atoms with Gasteiger partial charge in [-0.15, -0.1) is 0 Å². The number of halogens is 3. The van der Waals surface area contributed by atoms with Gasteiger partial charge in [0.25, 0.3) is 0 Å². The number of esters is 1. The van der Waals surface area contributed by atoms with Gasteiger partial charge in [0.1, 0.15) is 17.0 Å². The molecule has 196 valence electrons. The molecule has 2 aromatic carbocycles. The summed E-state index contributed by atoms with van der Waals surface area (Å²) in [6.07, 6.45) is 9.35. The van der Waals surface area contributed by atoms with Crippen molar-refractivity contribution >= 4 is 35.1 Å². The van der Waals surface area contributed by atoms with Crippen LogP contribution in [0.15, 0.2) is 36.4 Å². The molecular formula is C29H31Cl2FN2O3. The highest BCUT2D eigenvalue weighted by Gasteiger charge is 2.73. The summed E-state index contributed by atoms with van der Waals surface area (Å²) < 4.78 is 21.7. The van der Waals surface area contributed by atoms with Gasteiger partial charge in [0.2, 0.25) is 5.91 Å². The summed E-state index contributed by atoms with van der Waals surface area (Å²) in [5.41, 5.74) is -1.15. The fourth-order valence-corrected chi connectivity index (χ4v) is 7.95. The molecule has 6 rings (SSSR count). The minimum atomic E-state index is -1.30. The van der Waals surface area contributed by atoms with Crippen molar-refractivity contribution in [3.63, 3.8) is 0 Å². The van der Waals surface area contributed by atoms with Gasteiger partial charge in [-0.25, -0.2) is 4.39 Å². The highest BCUT2D eigenvalue weighted by atomic mass is 35.5. The van der Waals surface area contributed by atoms with E-state index in [1.54, 1.807) is 24.3 Å². The van der Waals surface area contributed by atoms with E-state index in [2.05, 4.69) is 10.6 Å². The van der Waals surface area contributed by atoms with Crippen molar-refractivity contribution in [2.75, 3.05) is 0 Å². The van der Waals surface area contributed by atoms with Crippen LogP contribution in [-0.2, 0) is 15.0 Å². The molecule has 2 spiro atoms. The van der Waals surface area contributed by atoms with Crippen LogP contribution in [0.1, 0.15) is 81.3 Å². The lowest BCUT2D eigenvalue weighted by Gasteiger charge is -2.46. The number of nitrogens with one attached hydrogen (secondary N) is 2. The molecule has 2 N–H and O–H groups in total. The van der Waals surface area contributed by atoms with Crippen LogP contribution in [0.3, 0.4) is 0 Å². The van der Waals surface area contributed by atoms with Crippen molar-refractivity contribution in [3.05, 3.63) is 63.4 Å². The van der Waals surface area contributed by atoms with Gasteiger partial charge in [-0.05, 0) is 49.4 Å². The largest absolute Gasteiger partial charge is 0.425 e. The van der Waals surface area contributed by atoms with E-state index in [4.69, 9.17) is 27.9 Å². The van der Waals surface area contributed by atoms with Crippen LogP contribution in [0.25, 0.3) is 0 Å². The maximum absolute atomic E-state index is 15.8. The van der Waals surface area contributed by atoms with Crippen molar-refractivity contribution in [1.82, 2.24) is 10.6 Å². The molecule has 0 aromatic heterocycles. The van der Waals surface area contributed by atoms with Crippen molar-refractivity contribution in [2.45, 2.75) is 93.2 Å². The number of benzene rings is 2. The molecule has 0 unspecified atom stereocenters. The van der Waals surface area contributed by atoms with E-state index >= 15 is 4.39 Å². The zero-order valence-corrected chi connectivity index (χ0v) is 22.1. The first-order valence-corrected chi connectivity index (χ1v) is 14.2. The van der Waals surface area contributed by atoms with E-state index < -0.39 is 34.7 Å². The van der Waals surface area contributed by atoms with E-state index in [0.717, 1.165) is 44.9 Å². The molecular weight excluding hydrogens is 514 g/mol. The second kappa shape index (κ2) is 9.55. The number of fused-ring (bicyclic) bond motifs is 3. The fourth-order valence-electron chi connectivity index (χ4n) is 7.61. The first-order chi connectivity index (χ1) is 17.9. The number of amides is 1. The van der Waals surface area contributed by atoms with Crippen molar-refractivity contribution in [2.24, 2.45) is 0 Å². The normalized spacial score (nSPS) is 28.9. The van der Waals surface area contributed by atoms with Crippen LogP contribution >= 0.6 is 23.2 Å². The van der Waals surface area contributed by atoms with Crippen LogP contribution < -0.4 is 15.4 Å².